The van der Waals surface area contributed by atoms with E-state index in [0.717, 1.165) is 0 Å². The molecule has 0 radical (unpaired) electrons. The molecule has 15 heavy (non-hydrogen) atoms. The molecular formula is C8H10F3N3O. The maximum Gasteiger partial charge on any atom is 0.471 e. The van der Waals surface area contributed by atoms with Crippen LogP contribution >= 0.6 is 0 Å². The number of carbonyl (C=O) groups excluding carboxylic acids is 1. The van der Waals surface area contributed by atoms with Crippen molar-refractivity contribution in [3.63, 3.8) is 0 Å². The zero-order valence-corrected chi connectivity index (χ0v) is 7.95. The first-order valence-corrected chi connectivity index (χ1v) is 4.24. The van der Waals surface area contributed by atoms with E-state index in [1.165, 1.54) is 17.8 Å². The van der Waals surface area contributed by atoms with Gasteiger partial charge in [0.2, 0.25) is 0 Å². The Balaban J connectivity index is 2.43. The Bertz CT molecular complexity index is 320. The minimum Gasteiger partial charge on any atom is -0.344 e. The van der Waals surface area contributed by atoms with Gasteiger partial charge < -0.3 is 5.32 Å². The lowest BCUT2D eigenvalue weighted by Gasteiger charge is -2.14. The summed E-state index contributed by atoms with van der Waals surface area (Å²) in [4.78, 5) is 10.5. The van der Waals surface area contributed by atoms with E-state index in [0.29, 0.717) is 0 Å². The third-order valence-electron chi connectivity index (χ3n) is 1.66. The van der Waals surface area contributed by atoms with Crippen molar-refractivity contribution in [1.82, 2.24) is 15.1 Å². The summed E-state index contributed by atoms with van der Waals surface area (Å²) in [6.07, 6.45) is -1.72. The van der Waals surface area contributed by atoms with Gasteiger partial charge in [-0.05, 0) is 13.0 Å². The van der Waals surface area contributed by atoms with Crippen LogP contribution in [0.2, 0.25) is 0 Å². The van der Waals surface area contributed by atoms with Crippen molar-refractivity contribution in [2.75, 3.05) is 0 Å². The lowest BCUT2D eigenvalue weighted by Crippen LogP contribution is -2.43. The monoisotopic (exact) mass is 221 g/mol. The molecule has 0 aliphatic rings. The number of hydrogen-bond acceptors (Lipinski definition) is 2. The Morgan fingerprint density at radius 1 is 1.60 bits per heavy atom. The molecule has 1 heterocycles. The van der Waals surface area contributed by atoms with Gasteiger partial charge in [-0.25, -0.2) is 0 Å². The largest absolute Gasteiger partial charge is 0.471 e. The standard InChI is InChI=1S/C8H10F3N3O/c1-6(5-14-4-2-3-12-14)13-7(15)8(9,10)11/h2-4,6H,5H2,1H3,(H,13,15). The summed E-state index contributed by atoms with van der Waals surface area (Å²) in [6, 6.07) is 1.03. The fourth-order valence-electron chi connectivity index (χ4n) is 1.04. The summed E-state index contributed by atoms with van der Waals surface area (Å²) >= 11 is 0. The normalized spacial score (nSPS) is 13.6. The molecular weight excluding hydrogens is 211 g/mol. The molecule has 1 rings (SSSR count). The van der Waals surface area contributed by atoms with E-state index in [4.69, 9.17) is 0 Å². The molecule has 4 nitrogen and oxygen atoms in total. The van der Waals surface area contributed by atoms with Gasteiger partial charge in [0.05, 0.1) is 6.54 Å². The van der Waals surface area contributed by atoms with Crippen LogP contribution in [0.15, 0.2) is 18.5 Å². The number of aromatic nitrogens is 2. The van der Waals surface area contributed by atoms with Crippen LogP contribution in [0.1, 0.15) is 6.92 Å². The van der Waals surface area contributed by atoms with Crippen molar-refractivity contribution < 1.29 is 18.0 Å². The molecule has 1 aromatic rings. The molecule has 0 saturated carbocycles. The zero-order chi connectivity index (χ0) is 11.5. The van der Waals surface area contributed by atoms with Crippen LogP contribution in [-0.2, 0) is 11.3 Å². The van der Waals surface area contributed by atoms with Crippen LogP contribution in [-0.4, -0.2) is 27.9 Å². The number of hydrogen-bond donors (Lipinski definition) is 1. The minimum atomic E-state index is -4.83. The van der Waals surface area contributed by atoms with E-state index < -0.39 is 18.1 Å². The van der Waals surface area contributed by atoms with Crippen molar-refractivity contribution in [2.45, 2.75) is 25.7 Å². The number of alkyl halides is 3. The molecule has 0 bridgehead atoms. The molecule has 0 spiro atoms. The third kappa shape index (κ3) is 3.61. The average molecular weight is 221 g/mol. The second-order valence-electron chi connectivity index (χ2n) is 3.10. The fraction of sp³-hybridized carbons (Fsp3) is 0.500. The molecule has 1 N–H and O–H groups in total. The van der Waals surface area contributed by atoms with Crippen molar-refractivity contribution >= 4 is 5.91 Å². The van der Waals surface area contributed by atoms with Crippen molar-refractivity contribution in [2.24, 2.45) is 0 Å². The molecule has 1 atom stereocenters. The van der Waals surface area contributed by atoms with E-state index in [2.05, 4.69) is 5.10 Å². The fourth-order valence-corrected chi connectivity index (χ4v) is 1.04. The van der Waals surface area contributed by atoms with Crippen LogP contribution in [0, 0.1) is 0 Å². The maximum absolute atomic E-state index is 11.9. The van der Waals surface area contributed by atoms with E-state index in [1.54, 1.807) is 12.3 Å². The van der Waals surface area contributed by atoms with Gasteiger partial charge in [-0.3, -0.25) is 9.48 Å². The SMILES string of the molecule is CC(Cn1cccn1)NC(=O)C(F)(F)F. The Hall–Kier alpha value is -1.53. The lowest BCUT2D eigenvalue weighted by molar-refractivity contribution is -0.174. The van der Waals surface area contributed by atoms with E-state index >= 15 is 0 Å². The molecule has 0 aliphatic heterocycles. The van der Waals surface area contributed by atoms with Crippen molar-refractivity contribution in [1.29, 1.82) is 0 Å². The van der Waals surface area contributed by atoms with Gasteiger partial charge in [0.1, 0.15) is 0 Å². The topological polar surface area (TPSA) is 46.9 Å². The van der Waals surface area contributed by atoms with E-state index in [1.807, 2.05) is 5.32 Å². The second-order valence-corrected chi connectivity index (χ2v) is 3.10. The van der Waals surface area contributed by atoms with Gasteiger partial charge in [0, 0.05) is 18.4 Å². The van der Waals surface area contributed by atoms with Crippen LogP contribution in [0.25, 0.3) is 0 Å². The third-order valence-corrected chi connectivity index (χ3v) is 1.66. The first-order valence-electron chi connectivity index (χ1n) is 4.24. The molecule has 0 saturated heterocycles. The molecule has 0 aromatic carbocycles. The van der Waals surface area contributed by atoms with Gasteiger partial charge in [0.25, 0.3) is 0 Å². The molecule has 0 aliphatic carbocycles. The molecule has 7 heteroatoms. The Labute approximate surface area is 84.1 Å². The van der Waals surface area contributed by atoms with Gasteiger partial charge >= 0.3 is 12.1 Å². The number of nitrogens with zero attached hydrogens (tertiary/aromatic N) is 2. The van der Waals surface area contributed by atoms with Gasteiger partial charge in [-0.2, -0.15) is 18.3 Å². The highest BCUT2D eigenvalue weighted by molar-refractivity contribution is 5.81. The summed E-state index contributed by atoms with van der Waals surface area (Å²) in [7, 11) is 0. The maximum atomic E-state index is 11.9. The Morgan fingerprint density at radius 2 is 2.27 bits per heavy atom. The van der Waals surface area contributed by atoms with E-state index in [-0.39, 0.29) is 6.54 Å². The lowest BCUT2D eigenvalue weighted by atomic mass is 10.3. The summed E-state index contributed by atoms with van der Waals surface area (Å²) in [5.74, 6) is -1.93. The molecule has 0 fully saturated rings. The van der Waals surface area contributed by atoms with Crippen LogP contribution in [0.5, 0.6) is 0 Å². The molecule has 84 valence electrons. The van der Waals surface area contributed by atoms with Crippen LogP contribution < -0.4 is 5.32 Å². The molecule has 1 amide bonds. The zero-order valence-electron chi connectivity index (χ0n) is 7.95. The van der Waals surface area contributed by atoms with Gasteiger partial charge in [-0.15, -0.1) is 0 Å². The quantitative estimate of drug-likeness (QED) is 0.826. The second kappa shape index (κ2) is 4.33. The number of nitrogens with one attached hydrogen (secondary N) is 1. The Kier molecular flexibility index (Phi) is 3.33. The van der Waals surface area contributed by atoms with Crippen molar-refractivity contribution in [3.05, 3.63) is 18.5 Å². The minimum absolute atomic E-state index is 0.203. The average Bonchev–Trinajstić information content (AvgIpc) is 2.54. The highest BCUT2D eigenvalue weighted by atomic mass is 19.4. The van der Waals surface area contributed by atoms with Gasteiger partial charge in [-0.1, -0.05) is 0 Å². The first-order chi connectivity index (χ1) is 6.89. The van der Waals surface area contributed by atoms with Gasteiger partial charge in [0.15, 0.2) is 0 Å². The molecule has 1 aromatic heterocycles. The summed E-state index contributed by atoms with van der Waals surface area (Å²) < 4.78 is 37.0. The van der Waals surface area contributed by atoms with Crippen LogP contribution in [0.3, 0.4) is 0 Å². The number of rotatable bonds is 3. The number of carbonyl (C=O) groups is 1. The molecule has 1 unspecified atom stereocenters. The predicted octanol–water partition coefficient (Wildman–Crippen LogP) is 0.950. The highest BCUT2D eigenvalue weighted by Gasteiger charge is 2.39. The number of halogens is 3. The summed E-state index contributed by atoms with van der Waals surface area (Å²) in [5.41, 5.74) is 0. The smallest absolute Gasteiger partial charge is 0.344 e. The highest BCUT2D eigenvalue weighted by Crippen LogP contribution is 2.14. The first kappa shape index (κ1) is 11.5. The van der Waals surface area contributed by atoms with E-state index in [9.17, 15) is 18.0 Å². The Morgan fingerprint density at radius 3 is 2.73 bits per heavy atom. The van der Waals surface area contributed by atoms with Crippen LogP contribution in [0.4, 0.5) is 13.2 Å². The van der Waals surface area contributed by atoms with Crippen molar-refractivity contribution in [3.8, 4) is 0 Å². The predicted molar refractivity (Wildman–Crippen MR) is 45.9 cm³/mol. The summed E-state index contributed by atoms with van der Waals surface area (Å²) in [6.45, 7) is 1.68. The number of amides is 1. The summed E-state index contributed by atoms with van der Waals surface area (Å²) in [5, 5.41) is 5.64.